The Morgan fingerprint density at radius 2 is 1.73 bits per heavy atom. The van der Waals surface area contributed by atoms with Crippen molar-refractivity contribution in [3.8, 4) is 0 Å². The Kier molecular flexibility index (Phi) is 10.9. The van der Waals surface area contributed by atoms with Crippen molar-refractivity contribution in [2.24, 2.45) is 17.8 Å². The Bertz CT molecular complexity index is 378. The lowest BCUT2D eigenvalue weighted by Gasteiger charge is -2.12. The van der Waals surface area contributed by atoms with E-state index >= 15 is 0 Å². The predicted molar refractivity (Wildman–Crippen MR) is 92.2 cm³/mol. The average Bonchev–Trinajstić information content (AvgIpc) is 2.38. The molecule has 0 heterocycles. The first-order valence-electron chi connectivity index (χ1n) is 8.41. The zero-order valence-corrected chi connectivity index (χ0v) is 15.4. The minimum absolute atomic E-state index is 0.107. The van der Waals surface area contributed by atoms with Crippen molar-refractivity contribution in [2.45, 2.75) is 67.2 Å². The Morgan fingerprint density at radius 3 is 2.23 bits per heavy atom. The lowest BCUT2D eigenvalue weighted by Crippen LogP contribution is -2.13. The van der Waals surface area contributed by atoms with Gasteiger partial charge in [0.15, 0.2) is 0 Å². The fourth-order valence-electron chi connectivity index (χ4n) is 2.53. The fourth-order valence-corrected chi connectivity index (χ4v) is 2.53. The number of carbonyl (C=O) groups excluding carboxylic acids is 1. The zero-order chi connectivity index (χ0) is 17.1. The second-order valence-corrected chi connectivity index (χ2v) is 6.86. The first-order chi connectivity index (χ1) is 10.3. The molecule has 0 fully saturated rings. The maximum Gasteiger partial charge on any atom is 0.369 e. The molecule has 128 valence electrons. The summed E-state index contributed by atoms with van der Waals surface area (Å²) in [5.41, 5.74) is 1.62. The SMILES string of the molecule is COOC(=O)C(=C(C)C=CC[C@@H](C)CCCC(C)C)C(C)C. The van der Waals surface area contributed by atoms with Gasteiger partial charge in [-0.15, -0.1) is 0 Å². The Labute approximate surface area is 136 Å². The Balaban J connectivity index is 4.54. The minimum atomic E-state index is -0.398. The summed E-state index contributed by atoms with van der Waals surface area (Å²) in [5.74, 6) is 1.17. The normalized spacial score (nSPS) is 14.6. The molecule has 1 atom stereocenters. The Hall–Kier alpha value is -1.09. The molecule has 0 aliphatic heterocycles. The van der Waals surface area contributed by atoms with Crippen LogP contribution >= 0.6 is 0 Å². The van der Waals surface area contributed by atoms with Crippen molar-refractivity contribution in [1.29, 1.82) is 0 Å². The van der Waals surface area contributed by atoms with E-state index < -0.39 is 5.97 Å². The summed E-state index contributed by atoms with van der Waals surface area (Å²) >= 11 is 0. The fraction of sp³-hybridized carbons (Fsp3) is 0.737. The van der Waals surface area contributed by atoms with Crippen LogP contribution in [0.15, 0.2) is 23.3 Å². The largest absolute Gasteiger partial charge is 0.369 e. The third-order valence-electron chi connectivity index (χ3n) is 3.77. The molecule has 0 aromatic heterocycles. The maximum absolute atomic E-state index is 11.9. The topological polar surface area (TPSA) is 35.5 Å². The van der Waals surface area contributed by atoms with Crippen LogP contribution in [0.2, 0.25) is 0 Å². The smallest absolute Gasteiger partial charge is 0.293 e. The van der Waals surface area contributed by atoms with Crippen molar-refractivity contribution < 1.29 is 14.6 Å². The van der Waals surface area contributed by atoms with Crippen LogP contribution in [0, 0.1) is 17.8 Å². The number of allylic oxidation sites excluding steroid dienone is 3. The van der Waals surface area contributed by atoms with E-state index in [9.17, 15) is 4.79 Å². The van der Waals surface area contributed by atoms with Crippen LogP contribution in [0.4, 0.5) is 0 Å². The second kappa shape index (κ2) is 11.5. The van der Waals surface area contributed by atoms with Gasteiger partial charge in [-0.05, 0) is 36.7 Å². The van der Waals surface area contributed by atoms with Gasteiger partial charge in [-0.2, -0.15) is 4.89 Å². The molecular formula is C19H34O3. The number of rotatable bonds is 10. The van der Waals surface area contributed by atoms with E-state index in [1.807, 2.05) is 26.8 Å². The first-order valence-corrected chi connectivity index (χ1v) is 8.41. The molecular weight excluding hydrogens is 276 g/mol. The van der Waals surface area contributed by atoms with Crippen molar-refractivity contribution in [2.75, 3.05) is 7.11 Å². The van der Waals surface area contributed by atoms with Gasteiger partial charge in [0.1, 0.15) is 0 Å². The number of hydrogen-bond donors (Lipinski definition) is 0. The third-order valence-corrected chi connectivity index (χ3v) is 3.77. The highest BCUT2D eigenvalue weighted by atomic mass is 17.2. The quantitative estimate of drug-likeness (QED) is 0.232. The molecule has 22 heavy (non-hydrogen) atoms. The number of carbonyl (C=O) groups is 1. The van der Waals surface area contributed by atoms with Crippen molar-refractivity contribution in [3.63, 3.8) is 0 Å². The Morgan fingerprint density at radius 1 is 1.09 bits per heavy atom. The van der Waals surface area contributed by atoms with Crippen molar-refractivity contribution >= 4 is 5.97 Å². The van der Waals surface area contributed by atoms with Gasteiger partial charge in [0, 0.05) is 5.57 Å². The van der Waals surface area contributed by atoms with Gasteiger partial charge in [-0.3, -0.25) is 4.89 Å². The van der Waals surface area contributed by atoms with E-state index in [0.717, 1.165) is 17.9 Å². The summed E-state index contributed by atoms with van der Waals surface area (Å²) in [4.78, 5) is 21.0. The van der Waals surface area contributed by atoms with Gasteiger partial charge >= 0.3 is 5.97 Å². The molecule has 0 rings (SSSR count). The first kappa shape index (κ1) is 20.9. The van der Waals surface area contributed by atoms with Gasteiger partial charge in [-0.25, -0.2) is 4.79 Å². The van der Waals surface area contributed by atoms with Gasteiger partial charge in [0.05, 0.1) is 7.11 Å². The standard InChI is InChI=1S/C19H34O3/c1-14(2)10-8-11-16(5)12-9-13-17(6)18(15(3)4)19(20)22-21-7/h9,13-16H,8,10-12H2,1-7H3/t16-/m0/s1. The molecule has 0 aliphatic carbocycles. The third kappa shape index (κ3) is 9.04. The van der Waals surface area contributed by atoms with E-state index in [4.69, 9.17) is 0 Å². The van der Waals surface area contributed by atoms with Gasteiger partial charge in [0.2, 0.25) is 0 Å². The monoisotopic (exact) mass is 310 g/mol. The minimum Gasteiger partial charge on any atom is -0.293 e. The molecule has 0 amide bonds. The summed E-state index contributed by atoms with van der Waals surface area (Å²) in [6.45, 7) is 12.7. The average molecular weight is 310 g/mol. The summed E-state index contributed by atoms with van der Waals surface area (Å²) < 4.78 is 0. The van der Waals surface area contributed by atoms with Gasteiger partial charge in [-0.1, -0.05) is 66.0 Å². The number of hydrogen-bond acceptors (Lipinski definition) is 3. The molecule has 0 aliphatic rings. The van der Waals surface area contributed by atoms with Crippen LogP contribution in [0.3, 0.4) is 0 Å². The summed E-state index contributed by atoms with van der Waals surface area (Å²) in [7, 11) is 1.35. The molecule has 0 radical (unpaired) electrons. The second-order valence-electron chi connectivity index (χ2n) is 6.86. The lowest BCUT2D eigenvalue weighted by atomic mass is 9.95. The highest BCUT2D eigenvalue weighted by Crippen LogP contribution is 2.19. The van der Waals surface area contributed by atoms with E-state index in [1.54, 1.807) is 0 Å². The molecule has 0 saturated carbocycles. The highest BCUT2D eigenvalue weighted by molar-refractivity contribution is 5.89. The van der Waals surface area contributed by atoms with Crippen molar-refractivity contribution in [1.82, 2.24) is 0 Å². The predicted octanol–water partition coefficient (Wildman–Crippen LogP) is 5.47. The van der Waals surface area contributed by atoms with E-state index in [2.05, 4.69) is 36.6 Å². The molecule has 0 N–H and O–H groups in total. The molecule has 0 aromatic rings. The van der Waals surface area contributed by atoms with Crippen LogP contribution < -0.4 is 0 Å². The van der Waals surface area contributed by atoms with E-state index in [-0.39, 0.29) is 5.92 Å². The van der Waals surface area contributed by atoms with Crippen LogP contribution in [0.1, 0.15) is 67.2 Å². The van der Waals surface area contributed by atoms with E-state index in [1.165, 1.54) is 26.4 Å². The molecule has 3 nitrogen and oxygen atoms in total. The zero-order valence-electron chi connectivity index (χ0n) is 15.4. The van der Waals surface area contributed by atoms with Crippen molar-refractivity contribution in [3.05, 3.63) is 23.3 Å². The molecule has 0 spiro atoms. The van der Waals surface area contributed by atoms with Gasteiger partial charge in [0.25, 0.3) is 0 Å². The summed E-state index contributed by atoms with van der Waals surface area (Å²) in [5, 5.41) is 0. The molecule has 0 aromatic carbocycles. The van der Waals surface area contributed by atoms with Crippen LogP contribution in [0.25, 0.3) is 0 Å². The van der Waals surface area contributed by atoms with Crippen LogP contribution in [-0.4, -0.2) is 13.1 Å². The molecule has 0 saturated heterocycles. The highest BCUT2D eigenvalue weighted by Gasteiger charge is 2.17. The summed E-state index contributed by atoms with van der Waals surface area (Å²) in [6, 6.07) is 0. The molecule has 3 heteroatoms. The van der Waals surface area contributed by atoms with Crippen LogP contribution in [-0.2, 0) is 14.6 Å². The lowest BCUT2D eigenvalue weighted by molar-refractivity contribution is -0.251. The molecule has 0 bridgehead atoms. The van der Waals surface area contributed by atoms with Crippen LogP contribution in [0.5, 0.6) is 0 Å². The maximum atomic E-state index is 11.9. The molecule has 0 unspecified atom stereocenters. The summed E-state index contributed by atoms with van der Waals surface area (Å²) in [6.07, 6.45) is 9.09. The van der Waals surface area contributed by atoms with Gasteiger partial charge < -0.3 is 0 Å². The van der Waals surface area contributed by atoms with E-state index in [0.29, 0.717) is 11.5 Å².